The Kier molecular flexibility index (Phi) is 4.15. The molecule has 26 heavy (non-hydrogen) atoms. The van der Waals surface area contributed by atoms with Gasteiger partial charge in [0.1, 0.15) is 5.52 Å². The standard InChI is InChI=1S/C22H17N3O/c1-16(26)21(17-10-4-2-5-11-17)22(18-12-6-3-7-13-18)25-20-15-9-8-14-19(20)23-24-25/h2-15H,1H3/b22-21+. The molecular weight excluding hydrogens is 322 g/mol. The number of carbonyl (C=O) groups is 1. The molecule has 0 N–H and O–H groups in total. The predicted octanol–water partition coefficient (Wildman–Crippen LogP) is 4.44. The molecule has 0 bridgehead atoms. The summed E-state index contributed by atoms with van der Waals surface area (Å²) < 4.78 is 1.76. The van der Waals surface area contributed by atoms with Crippen LogP contribution in [0.25, 0.3) is 22.3 Å². The van der Waals surface area contributed by atoms with E-state index in [1.165, 1.54) is 0 Å². The Balaban J connectivity index is 2.10. The number of aromatic nitrogens is 3. The van der Waals surface area contributed by atoms with Gasteiger partial charge in [-0.05, 0) is 24.6 Å². The van der Waals surface area contributed by atoms with E-state index in [0.717, 1.165) is 27.9 Å². The number of fused-ring (bicyclic) bond motifs is 1. The van der Waals surface area contributed by atoms with E-state index in [4.69, 9.17) is 0 Å². The minimum Gasteiger partial charge on any atom is -0.294 e. The average Bonchev–Trinajstić information content (AvgIpc) is 3.11. The first-order chi connectivity index (χ1) is 12.8. The number of ketones is 1. The smallest absolute Gasteiger partial charge is 0.162 e. The van der Waals surface area contributed by atoms with Crippen LogP contribution in [0.1, 0.15) is 18.1 Å². The molecule has 0 radical (unpaired) electrons. The van der Waals surface area contributed by atoms with Crippen LogP contribution in [-0.2, 0) is 4.79 Å². The number of benzene rings is 3. The van der Waals surface area contributed by atoms with Crippen LogP contribution in [0.2, 0.25) is 0 Å². The molecule has 0 spiro atoms. The van der Waals surface area contributed by atoms with Crippen molar-refractivity contribution in [3.8, 4) is 0 Å². The van der Waals surface area contributed by atoms with Crippen LogP contribution in [0.15, 0.2) is 84.9 Å². The second-order valence-corrected chi connectivity index (χ2v) is 6.00. The van der Waals surface area contributed by atoms with Gasteiger partial charge in [-0.1, -0.05) is 78.0 Å². The summed E-state index contributed by atoms with van der Waals surface area (Å²) in [6.45, 7) is 1.59. The van der Waals surface area contributed by atoms with Gasteiger partial charge in [-0.2, -0.15) is 0 Å². The first kappa shape index (κ1) is 16.0. The van der Waals surface area contributed by atoms with Crippen molar-refractivity contribution < 1.29 is 4.79 Å². The highest BCUT2D eigenvalue weighted by atomic mass is 16.1. The predicted molar refractivity (Wildman–Crippen MR) is 103 cm³/mol. The van der Waals surface area contributed by atoms with Crippen molar-refractivity contribution in [2.45, 2.75) is 6.92 Å². The van der Waals surface area contributed by atoms with Gasteiger partial charge in [0.15, 0.2) is 5.78 Å². The summed E-state index contributed by atoms with van der Waals surface area (Å²) in [5, 5.41) is 8.63. The van der Waals surface area contributed by atoms with Gasteiger partial charge < -0.3 is 0 Å². The molecule has 4 nitrogen and oxygen atoms in total. The van der Waals surface area contributed by atoms with Crippen LogP contribution in [-0.4, -0.2) is 20.8 Å². The molecule has 0 saturated heterocycles. The number of rotatable bonds is 4. The lowest BCUT2D eigenvalue weighted by Gasteiger charge is -2.15. The lowest BCUT2D eigenvalue weighted by atomic mass is 9.96. The quantitative estimate of drug-likeness (QED) is 0.408. The van der Waals surface area contributed by atoms with Gasteiger partial charge in [0, 0.05) is 5.56 Å². The molecule has 0 fully saturated rings. The Hall–Kier alpha value is -3.53. The lowest BCUT2D eigenvalue weighted by Crippen LogP contribution is -2.09. The third kappa shape index (κ3) is 2.82. The van der Waals surface area contributed by atoms with Crippen molar-refractivity contribution in [2.24, 2.45) is 0 Å². The molecule has 3 aromatic carbocycles. The Bertz CT molecular complexity index is 1100. The van der Waals surface area contributed by atoms with E-state index in [0.29, 0.717) is 5.57 Å². The van der Waals surface area contributed by atoms with Gasteiger partial charge in [0.2, 0.25) is 0 Å². The average molecular weight is 339 g/mol. The molecule has 0 unspecified atom stereocenters. The van der Waals surface area contributed by atoms with Gasteiger partial charge >= 0.3 is 0 Å². The van der Waals surface area contributed by atoms with Gasteiger partial charge in [0.25, 0.3) is 0 Å². The summed E-state index contributed by atoms with van der Waals surface area (Å²) in [4.78, 5) is 12.7. The van der Waals surface area contributed by atoms with Crippen LogP contribution in [0, 0.1) is 0 Å². The second kappa shape index (κ2) is 6.76. The molecule has 0 amide bonds. The highest BCUT2D eigenvalue weighted by Crippen LogP contribution is 2.30. The highest BCUT2D eigenvalue weighted by molar-refractivity contribution is 6.27. The first-order valence-electron chi connectivity index (χ1n) is 8.42. The van der Waals surface area contributed by atoms with Gasteiger partial charge in [0.05, 0.1) is 16.8 Å². The zero-order valence-electron chi connectivity index (χ0n) is 14.3. The Labute approximate surface area is 151 Å². The summed E-state index contributed by atoms with van der Waals surface area (Å²) in [6, 6.07) is 27.3. The normalized spacial score (nSPS) is 12.0. The molecule has 0 aliphatic rings. The van der Waals surface area contributed by atoms with Crippen LogP contribution >= 0.6 is 0 Å². The van der Waals surface area contributed by atoms with E-state index in [1.807, 2.05) is 84.9 Å². The minimum atomic E-state index is -0.0189. The summed E-state index contributed by atoms with van der Waals surface area (Å²) >= 11 is 0. The number of carbonyl (C=O) groups excluding carboxylic acids is 1. The van der Waals surface area contributed by atoms with Crippen molar-refractivity contribution in [3.63, 3.8) is 0 Å². The van der Waals surface area contributed by atoms with Crippen molar-refractivity contribution in [3.05, 3.63) is 96.1 Å². The molecule has 1 aromatic heterocycles. The van der Waals surface area contributed by atoms with E-state index in [2.05, 4.69) is 10.3 Å². The zero-order chi connectivity index (χ0) is 17.9. The number of Topliss-reactive ketones (excluding diaryl/α,β-unsaturated/α-hetero) is 1. The summed E-state index contributed by atoms with van der Waals surface area (Å²) in [5.41, 5.74) is 4.78. The first-order valence-corrected chi connectivity index (χ1v) is 8.42. The molecule has 0 aliphatic carbocycles. The molecule has 1 heterocycles. The van der Waals surface area contributed by atoms with Crippen LogP contribution < -0.4 is 0 Å². The summed E-state index contributed by atoms with van der Waals surface area (Å²) in [6.07, 6.45) is 0. The molecule has 0 aliphatic heterocycles. The number of para-hydroxylation sites is 1. The number of hydrogen-bond donors (Lipinski definition) is 0. The molecule has 4 aromatic rings. The lowest BCUT2D eigenvalue weighted by molar-refractivity contribution is -0.111. The Morgan fingerprint density at radius 2 is 1.35 bits per heavy atom. The fourth-order valence-corrected chi connectivity index (χ4v) is 3.11. The largest absolute Gasteiger partial charge is 0.294 e. The van der Waals surface area contributed by atoms with Crippen molar-refractivity contribution >= 4 is 28.1 Å². The molecule has 0 atom stereocenters. The summed E-state index contributed by atoms with van der Waals surface area (Å²) in [7, 11) is 0. The topological polar surface area (TPSA) is 47.8 Å². The molecule has 126 valence electrons. The van der Waals surface area contributed by atoms with Gasteiger partial charge in [-0.25, -0.2) is 4.68 Å². The maximum Gasteiger partial charge on any atom is 0.162 e. The number of allylic oxidation sites excluding steroid dienone is 1. The maximum absolute atomic E-state index is 12.7. The zero-order valence-corrected chi connectivity index (χ0v) is 14.3. The van der Waals surface area contributed by atoms with E-state index in [-0.39, 0.29) is 5.78 Å². The third-order valence-corrected chi connectivity index (χ3v) is 4.26. The molecule has 0 saturated carbocycles. The van der Waals surface area contributed by atoms with E-state index in [9.17, 15) is 4.79 Å². The summed E-state index contributed by atoms with van der Waals surface area (Å²) in [5.74, 6) is -0.0189. The maximum atomic E-state index is 12.7. The monoisotopic (exact) mass is 339 g/mol. The molecule has 4 rings (SSSR count). The van der Waals surface area contributed by atoms with Crippen LogP contribution in [0.5, 0.6) is 0 Å². The van der Waals surface area contributed by atoms with E-state index in [1.54, 1.807) is 11.6 Å². The second-order valence-electron chi connectivity index (χ2n) is 6.00. The number of nitrogens with zero attached hydrogens (tertiary/aromatic N) is 3. The fraction of sp³-hybridized carbons (Fsp3) is 0.0455. The minimum absolute atomic E-state index is 0.0189. The van der Waals surface area contributed by atoms with Crippen molar-refractivity contribution in [1.82, 2.24) is 15.0 Å². The Morgan fingerprint density at radius 3 is 2.00 bits per heavy atom. The molecular formula is C22H17N3O. The SMILES string of the molecule is CC(=O)/C(=C(/c1ccccc1)n1nnc2ccccc21)c1ccccc1. The van der Waals surface area contributed by atoms with Crippen molar-refractivity contribution in [1.29, 1.82) is 0 Å². The van der Waals surface area contributed by atoms with E-state index < -0.39 is 0 Å². The highest BCUT2D eigenvalue weighted by Gasteiger charge is 2.20. The number of hydrogen-bond acceptors (Lipinski definition) is 3. The van der Waals surface area contributed by atoms with Gasteiger partial charge in [-0.3, -0.25) is 4.79 Å². The van der Waals surface area contributed by atoms with Crippen LogP contribution in [0.4, 0.5) is 0 Å². The Morgan fingerprint density at radius 1 is 0.769 bits per heavy atom. The van der Waals surface area contributed by atoms with Crippen molar-refractivity contribution in [2.75, 3.05) is 0 Å². The third-order valence-electron chi connectivity index (χ3n) is 4.26. The van der Waals surface area contributed by atoms with Gasteiger partial charge in [-0.15, -0.1) is 5.10 Å². The molecule has 4 heteroatoms. The van der Waals surface area contributed by atoms with Crippen LogP contribution in [0.3, 0.4) is 0 Å². The fourth-order valence-electron chi connectivity index (χ4n) is 3.11. The van der Waals surface area contributed by atoms with E-state index >= 15 is 0 Å².